The maximum Gasteiger partial charge on any atom is 0.0811 e. The summed E-state index contributed by atoms with van der Waals surface area (Å²) in [5.74, 6) is 2.61. The molecular weight excluding hydrogens is 416 g/mol. The highest BCUT2D eigenvalue weighted by Gasteiger charge is 2.50. The molecule has 3 aliphatic rings. The molecule has 0 aromatic carbocycles. The van der Waals surface area contributed by atoms with Gasteiger partial charge in [0.25, 0.3) is 0 Å². The van der Waals surface area contributed by atoms with Crippen LogP contribution in [0.1, 0.15) is 91.9 Å². The Bertz CT molecular complexity index is 719. The molecule has 0 aromatic rings. The zero-order valence-electron chi connectivity index (χ0n) is 20.8. The van der Waals surface area contributed by atoms with Crippen LogP contribution in [0.2, 0.25) is 0 Å². The molecule has 0 saturated heterocycles. The maximum absolute atomic E-state index is 10.2. The average Bonchev–Trinajstić information content (AvgIpc) is 3.06. The third-order valence-corrected chi connectivity index (χ3v) is 9.81. The summed E-state index contributed by atoms with van der Waals surface area (Å²) in [6.45, 7) is 12.9. The first kappa shape index (κ1) is 26.1. The molecular formula is C28H46O3S. The number of unbranched alkanes of at least 4 members (excludes halogenated alkanes) is 1. The van der Waals surface area contributed by atoms with E-state index in [1.807, 2.05) is 13.8 Å². The van der Waals surface area contributed by atoms with Gasteiger partial charge in [-0.2, -0.15) is 11.8 Å². The second kappa shape index (κ2) is 10.8. The molecule has 182 valence electrons. The molecule has 0 bridgehead atoms. The fourth-order valence-corrected chi connectivity index (χ4v) is 7.98. The molecule has 0 spiro atoms. The van der Waals surface area contributed by atoms with E-state index in [1.54, 1.807) is 5.57 Å². The molecule has 4 heteroatoms. The zero-order chi connectivity index (χ0) is 23.5. The van der Waals surface area contributed by atoms with Crippen molar-refractivity contribution in [2.75, 3.05) is 5.75 Å². The lowest BCUT2D eigenvalue weighted by Crippen LogP contribution is -2.37. The summed E-state index contributed by atoms with van der Waals surface area (Å²) in [5, 5.41) is 30.8. The van der Waals surface area contributed by atoms with E-state index in [9.17, 15) is 15.3 Å². The molecule has 0 aromatic heterocycles. The van der Waals surface area contributed by atoms with Gasteiger partial charge in [-0.3, -0.25) is 0 Å². The number of hydrogen-bond donors (Lipinski definition) is 3. The Morgan fingerprint density at radius 1 is 1.22 bits per heavy atom. The first-order valence-corrected chi connectivity index (χ1v) is 13.8. The molecule has 6 atom stereocenters. The third-order valence-electron chi connectivity index (χ3n) is 8.43. The van der Waals surface area contributed by atoms with Crippen LogP contribution in [0.4, 0.5) is 0 Å². The Hall–Kier alpha value is -0.550. The minimum Gasteiger partial charge on any atom is -0.393 e. The van der Waals surface area contributed by atoms with Crippen molar-refractivity contribution >= 4 is 11.8 Å². The standard InChI is InChI=1S/C28H46O3S/c1-19-22(17-23(29)18-26(19)30)11-10-21-9-8-15-28(5)24(12-13-25(21)28)20(2)32-16-7-6-14-27(3,4)31/h10-11,20,23-26,29-31H,1,6-9,12-18H2,2-5H3/b21-10+,22-11-/t20?,23-,24-,25+,26+,28-/m1/s1. The van der Waals surface area contributed by atoms with Crippen LogP contribution in [-0.4, -0.2) is 44.1 Å². The van der Waals surface area contributed by atoms with Crippen molar-refractivity contribution in [3.05, 3.63) is 35.5 Å². The monoisotopic (exact) mass is 462 g/mol. The average molecular weight is 463 g/mol. The second-order valence-corrected chi connectivity index (χ2v) is 13.0. The lowest BCUT2D eigenvalue weighted by Gasteiger charge is -2.44. The zero-order valence-corrected chi connectivity index (χ0v) is 21.6. The molecule has 3 aliphatic carbocycles. The SMILES string of the molecule is C=C1/C(=C\C=C2/CCC[C@]3(C)[C@@H](C(C)SCCCCC(C)(C)O)CC[C@@H]23)C[C@@H](O)C[C@@H]1O. The van der Waals surface area contributed by atoms with Gasteiger partial charge in [0.05, 0.1) is 17.8 Å². The summed E-state index contributed by atoms with van der Waals surface area (Å²) in [6.07, 6.45) is 13.9. The quantitative estimate of drug-likeness (QED) is 0.376. The van der Waals surface area contributed by atoms with Crippen molar-refractivity contribution in [2.45, 2.75) is 115 Å². The van der Waals surface area contributed by atoms with E-state index in [0.717, 1.165) is 29.9 Å². The predicted molar refractivity (Wildman–Crippen MR) is 137 cm³/mol. The number of fused-ring (bicyclic) bond motifs is 1. The summed E-state index contributed by atoms with van der Waals surface area (Å²) < 4.78 is 0. The number of rotatable bonds is 8. The largest absolute Gasteiger partial charge is 0.393 e. The smallest absolute Gasteiger partial charge is 0.0811 e. The van der Waals surface area contributed by atoms with Crippen LogP contribution in [0.25, 0.3) is 0 Å². The molecule has 3 saturated carbocycles. The van der Waals surface area contributed by atoms with Gasteiger partial charge in [0.1, 0.15) is 0 Å². The summed E-state index contributed by atoms with van der Waals surface area (Å²) in [4.78, 5) is 0. The third kappa shape index (κ3) is 6.31. The van der Waals surface area contributed by atoms with Crippen LogP contribution in [0.3, 0.4) is 0 Å². The minimum atomic E-state index is -0.614. The Morgan fingerprint density at radius 2 is 1.97 bits per heavy atom. The van der Waals surface area contributed by atoms with Gasteiger partial charge in [0.15, 0.2) is 0 Å². The highest BCUT2D eigenvalue weighted by atomic mass is 32.2. The number of thioether (sulfide) groups is 1. The van der Waals surface area contributed by atoms with Gasteiger partial charge in [-0.05, 0) is 106 Å². The second-order valence-electron chi connectivity index (χ2n) is 11.5. The van der Waals surface area contributed by atoms with Crippen LogP contribution in [0, 0.1) is 17.3 Å². The molecule has 1 unspecified atom stereocenters. The number of aliphatic hydroxyl groups is 3. The lowest BCUT2D eigenvalue weighted by atomic mass is 9.63. The molecule has 0 aliphatic heterocycles. The molecule has 3 nitrogen and oxygen atoms in total. The van der Waals surface area contributed by atoms with Crippen LogP contribution in [0.15, 0.2) is 35.5 Å². The van der Waals surface area contributed by atoms with E-state index in [1.165, 1.54) is 44.3 Å². The summed E-state index contributed by atoms with van der Waals surface area (Å²) in [5.41, 5.74) is 3.21. The maximum atomic E-state index is 10.2. The molecule has 32 heavy (non-hydrogen) atoms. The van der Waals surface area contributed by atoms with Gasteiger partial charge in [0.2, 0.25) is 0 Å². The van der Waals surface area contributed by atoms with Crippen molar-refractivity contribution in [3.63, 3.8) is 0 Å². The van der Waals surface area contributed by atoms with Crippen molar-refractivity contribution in [1.82, 2.24) is 0 Å². The van der Waals surface area contributed by atoms with Crippen molar-refractivity contribution in [2.24, 2.45) is 17.3 Å². The van der Waals surface area contributed by atoms with E-state index < -0.39 is 17.8 Å². The van der Waals surface area contributed by atoms with Gasteiger partial charge >= 0.3 is 0 Å². The highest BCUT2D eigenvalue weighted by Crippen LogP contribution is 2.59. The summed E-state index contributed by atoms with van der Waals surface area (Å²) in [6, 6.07) is 0. The molecule has 0 radical (unpaired) electrons. The molecule has 0 heterocycles. The van der Waals surface area contributed by atoms with Crippen LogP contribution in [0.5, 0.6) is 0 Å². The lowest BCUT2D eigenvalue weighted by molar-refractivity contribution is 0.0687. The fraction of sp³-hybridized carbons (Fsp3) is 0.786. The van der Waals surface area contributed by atoms with Gasteiger partial charge in [0, 0.05) is 11.7 Å². The molecule has 0 amide bonds. The summed E-state index contributed by atoms with van der Waals surface area (Å²) in [7, 11) is 0. The van der Waals surface area contributed by atoms with Crippen LogP contribution < -0.4 is 0 Å². The Morgan fingerprint density at radius 3 is 2.69 bits per heavy atom. The van der Waals surface area contributed by atoms with E-state index in [4.69, 9.17) is 0 Å². The van der Waals surface area contributed by atoms with Gasteiger partial charge in [-0.15, -0.1) is 0 Å². The van der Waals surface area contributed by atoms with Crippen molar-refractivity contribution in [1.29, 1.82) is 0 Å². The van der Waals surface area contributed by atoms with Crippen molar-refractivity contribution in [3.8, 4) is 0 Å². The summed E-state index contributed by atoms with van der Waals surface area (Å²) >= 11 is 2.14. The minimum absolute atomic E-state index is 0.380. The Balaban J connectivity index is 1.61. The van der Waals surface area contributed by atoms with E-state index in [0.29, 0.717) is 29.4 Å². The van der Waals surface area contributed by atoms with Crippen molar-refractivity contribution < 1.29 is 15.3 Å². The number of hydrogen-bond acceptors (Lipinski definition) is 4. The number of allylic oxidation sites excluding steroid dienone is 3. The fourth-order valence-electron chi connectivity index (χ4n) is 6.56. The molecule has 3 fully saturated rings. The van der Waals surface area contributed by atoms with Crippen LogP contribution >= 0.6 is 11.8 Å². The van der Waals surface area contributed by atoms with Crippen LogP contribution in [-0.2, 0) is 0 Å². The molecule has 3 rings (SSSR count). The van der Waals surface area contributed by atoms with Gasteiger partial charge in [-0.1, -0.05) is 38.2 Å². The Kier molecular flexibility index (Phi) is 8.80. The highest BCUT2D eigenvalue weighted by molar-refractivity contribution is 7.99. The predicted octanol–water partition coefficient (Wildman–Crippen LogP) is 6.19. The van der Waals surface area contributed by atoms with Gasteiger partial charge in [-0.25, -0.2) is 0 Å². The van der Waals surface area contributed by atoms with E-state index in [2.05, 4.69) is 44.3 Å². The first-order chi connectivity index (χ1) is 15.0. The topological polar surface area (TPSA) is 60.7 Å². The molecule has 3 N–H and O–H groups in total. The van der Waals surface area contributed by atoms with E-state index >= 15 is 0 Å². The first-order valence-electron chi connectivity index (χ1n) is 12.8. The normalized spacial score (nSPS) is 37.2. The van der Waals surface area contributed by atoms with E-state index in [-0.39, 0.29) is 0 Å². The number of aliphatic hydroxyl groups excluding tert-OH is 2. The Labute approximate surface area is 200 Å². The van der Waals surface area contributed by atoms with Gasteiger partial charge < -0.3 is 15.3 Å².